The lowest BCUT2D eigenvalue weighted by molar-refractivity contribution is 0.129. The Kier molecular flexibility index (Phi) is 8.49. The average Bonchev–Trinajstić information content (AvgIpc) is 3.36. The molecule has 8 heteroatoms. The highest BCUT2D eigenvalue weighted by Crippen LogP contribution is 2.35. The molecule has 0 saturated carbocycles. The fourth-order valence-corrected chi connectivity index (χ4v) is 5.08. The molecule has 3 atom stereocenters. The van der Waals surface area contributed by atoms with Crippen LogP contribution in [0.5, 0.6) is 5.75 Å². The van der Waals surface area contributed by atoms with Gasteiger partial charge >= 0.3 is 0 Å². The molecule has 0 bridgehead atoms. The zero-order chi connectivity index (χ0) is 26.6. The summed E-state index contributed by atoms with van der Waals surface area (Å²) in [5.41, 5.74) is 3.23. The molecule has 0 amide bonds. The minimum absolute atomic E-state index is 0.0273. The van der Waals surface area contributed by atoms with Crippen molar-refractivity contribution >= 4 is 5.69 Å². The van der Waals surface area contributed by atoms with Crippen LogP contribution in [-0.4, -0.2) is 40.9 Å². The van der Waals surface area contributed by atoms with Gasteiger partial charge < -0.3 is 25.5 Å². The summed E-state index contributed by atoms with van der Waals surface area (Å²) in [7, 11) is 0. The van der Waals surface area contributed by atoms with Crippen molar-refractivity contribution in [1.29, 1.82) is 0 Å². The summed E-state index contributed by atoms with van der Waals surface area (Å²) < 4.78 is 34.6. The van der Waals surface area contributed by atoms with E-state index in [-0.39, 0.29) is 30.1 Å². The van der Waals surface area contributed by atoms with E-state index in [1.165, 1.54) is 11.6 Å². The average molecular weight is 513 g/mol. The minimum Gasteiger partial charge on any atom is -0.493 e. The molecule has 0 aliphatic carbocycles. The van der Waals surface area contributed by atoms with E-state index < -0.39 is 23.7 Å². The molecule has 0 fully saturated rings. The molecule has 3 unspecified atom stereocenters. The molecule has 0 saturated heterocycles. The van der Waals surface area contributed by atoms with Crippen LogP contribution < -0.4 is 15.4 Å². The van der Waals surface area contributed by atoms with Crippen molar-refractivity contribution in [1.82, 2.24) is 15.3 Å². The fraction of sp³-hybridized carbons (Fsp3) is 0.483. The molecule has 37 heavy (non-hydrogen) atoms. The second-order valence-corrected chi connectivity index (χ2v) is 11.0. The number of hydrogen-bond donors (Lipinski definition) is 4. The minimum atomic E-state index is -0.851. The maximum absolute atomic E-state index is 14.5. The SMILES string of the molecule is CCNc1c(F)cc(F)cc1CC(c1ncc[nH]1)C(O)CNC1CCOc2ccc(CC(C)(C)C)cc21. The van der Waals surface area contributed by atoms with Crippen LogP contribution in [0, 0.1) is 17.0 Å². The summed E-state index contributed by atoms with van der Waals surface area (Å²) in [4.78, 5) is 7.43. The summed E-state index contributed by atoms with van der Waals surface area (Å²) in [5.74, 6) is -0.352. The van der Waals surface area contributed by atoms with E-state index in [9.17, 15) is 13.9 Å². The smallest absolute Gasteiger partial charge is 0.149 e. The normalized spacial score (nSPS) is 17.1. The number of rotatable bonds is 10. The molecule has 4 rings (SSSR count). The Bertz CT molecular complexity index is 1180. The van der Waals surface area contributed by atoms with E-state index in [0.29, 0.717) is 24.5 Å². The van der Waals surface area contributed by atoms with Gasteiger partial charge in [-0.15, -0.1) is 0 Å². The quantitative estimate of drug-likeness (QED) is 0.288. The molecule has 1 aliphatic rings. The summed E-state index contributed by atoms with van der Waals surface area (Å²) in [6, 6.07) is 8.58. The van der Waals surface area contributed by atoms with Crippen molar-refractivity contribution in [2.45, 2.75) is 65.0 Å². The van der Waals surface area contributed by atoms with Gasteiger partial charge in [-0.3, -0.25) is 0 Å². The van der Waals surface area contributed by atoms with Crippen LogP contribution in [0.4, 0.5) is 14.5 Å². The summed E-state index contributed by atoms with van der Waals surface area (Å²) in [6.45, 7) is 9.88. The summed E-state index contributed by atoms with van der Waals surface area (Å²) in [5, 5.41) is 17.8. The molecule has 200 valence electrons. The number of nitrogens with one attached hydrogen (secondary N) is 3. The third-order valence-electron chi connectivity index (χ3n) is 6.69. The first-order chi connectivity index (χ1) is 17.6. The number of anilines is 1. The number of aromatic amines is 1. The third-order valence-corrected chi connectivity index (χ3v) is 6.69. The number of aromatic nitrogens is 2. The lowest BCUT2D eigenvalue weighted by atomic mass is 9.86. The first-order valence-corrected chi connectivity index (χ1v) is 13.0. The largest absolute Gasteiger partial charge is 0.493 e. The van der Waals surface area contributed by atoms with Crippen LogP contribution in [0.1, 0.15) is 68.6 Å². The van der Waals surface area contributed by atoms with Gasteiger partial charge in [0.1, 0.15) is 23.2 Å². The molecule has 4 N–H and O–H groups in total. The van der Waals surface area contributed by atoms with E-state index in [1.807, 2.05) is 13.0 Å². The van der Waals surface area contributed by atoms with Crippen LogP contribution in [0.3, 0.4) is 0 Å². The standard InChI is InChI=1S/C29H38F2N4O2/c1-5-32-27-19(13-20(30)15-23(27)31)14-22(28-33-9-10-34-28)25(36)17-35-24-8-11-37-26-7-6-18(12-21(24)26)16-29(2,3)4/h6-7,9-10,12-13,15,22,24-25,32,35-36H,5,8,11,14,16-17H2,1-4H3,(H,33,34). The number of imidazole rings is 1. The Morgan fingerprint density at radius 3 is 2.73 bits per heavy atom. The van der Waals surface area contributed by atoms with Gasteiger partial charge in [0.2, 0.25) is 0 Å². The Labute approximate surface area is 217 Å². The van der Waals surface area contributed by atoms with E-state index in [4.69, 9.17) is 4.74 Å². The number of fused-ring (bicyclic) bond motifs is 1. The van der Waals surface area contributed by atoms with Crippen LogP contribution in [0.15, 0.2) is 42.7 Å². The van der Waals surface area contributed by atoms with Gasteiger partial charge in [0.05, 0.1) is 18.4 Å². The molecular weight excluding hydrogens is 474 g/mol. The molecule has 0 radical (unpaired) electrons. The number of aliphatic hydroxyl groups is 1. The number of aliphatic hydroxyl groups excluding tert-OH is 1. The maximum Gasteiger partial charge on any atom is 0.149 e. The predicted molar refractivity (Wildman–Crippen MR) is 142 cm³/mol. The highest BCUT2D eigenvalue weighted by Gasteiger charge is 2.29. The van der Waals surface area contributed by atoms with Crippen LogP contribution in [0.25, 0.3) is 0 Å². The number of hydrogen-bond acceptors (Lipinski definition) is 5. The number of halogens is 2. The van der Waals surface area contributed by atoms with Crippen molar-refractivity contribution < 1.29 is 18.6 Å². The molecule has 2 aromatic carbocycles. The molecule has 1 aliphatic heterocycles. The Balaban J connectivity index is 1.53. The third kappa shape index (κ3) is 6.87. The summed E-state index contributed by atoms with van der Waals surface area (Å²) >= 11 is 0. The van der Waals surface area contributed by atoms with E-state index in [2.05, 4.69) is 53.5 Å². The molecule has 2 heterocycles. The second-order valence-electron chi connectivity index (χ2n) is 11.0. The Hall–Kier alpha value is -2.97. The van der Waals surface area contributed by atoms with E-state index in [1.54, 1.807) is 12.4 Å². The Morgan fingerprint density at radius 2 is 2.03 bits per heavy atom. The fourth-order valence-electron chi connectivity index (χ4n) is 5.08. The van der Waals surface area contributed by atoms with E-state index in [0.717, 1.165) is 30.2 Å². The van der Waals surface area contributed by atoms with Gasteiger partial charge in [-0.05, 0) is 48.4 Å². The first-order valence-electron chi connectivity index (χ1n) is 13.0. The van der Waals surface area contributed by atoms with Crippen molar-refractivity contribution in [3.05, 3.63) is 76.9 Å². The van der Waals surface area contributed by atoms with Gasteiger partial charge in [-0.2, -0.15) is 0 Å². The Morgan fingerprint density at radius 1 is 1.22 bits per heavy atom. The van der Waals surface area contributed by atoms with Gasteiger partial charge in [0, 0.05) is 55.5 Å². The van der Waals surface area contributed by atoms with Crippen LogP contribution in [-0.2, 0) is 12.8 Å². The van der Waals surface area contributed by atoms with Gasteiger partial charge in [-0.25, -0.2) is 13.8 Å². The number of H-pyrrole nitrogens is 1. The molecule has 1 aromatic heterocycles. The monoisotopic (exact) mass is 512 g/mol. The van der Waals surface area contributed by atoms with Crippen molar-refractivity contribution in [2.75, 3.05) is 25.0 Å². The molecule has 6 nitrogen and oxygen atoms in total. The van der Waals surface area contributed by atoms with Gasteiger partial charge in [0.25, 0.3) is 0 Å². The second kappa shape index (κ2) is 11.6. The number of benzene rings is 2. The molecular formula is C29H38F2N4O2. The summed E-state index contributed by atoms with van der Waals surface area (Å²) in [6.07, 6.45) is 4.40. The highest BCUT2D eigenvalue weighted by atomic mass is 19.1. The van der Waals surface area contributed by atoms with Crippen LogP contribution in [0.2, 0.25) is 0 Å². The van der Waals surface area contributed by atoms with E-state index >= 15 is 0 Å². The maximum atomic E-state index is 14.5. The molecule has 0 spiro atoms. The predicted octanol–water partition coefficient (Wildman–Crippen LogP) is 5.51. The van der Waals surface area contributed by atoms with Gasteiger partial charge in [-0.1, -0.05) is 32.9 Å². The lowest BCUT2D eigenvalue weighted by Gasteiger charge is -2.30. The number of nitrogens with zero attached hydrogens (tertiary/aromatic N) is 1. The van der Waals surface area contributed by atoms with Gasteiger partial charge in [0.15, 0.2) is 0 Å². The highest BCUT2D eigenvalue weighted by molar-refractivity contribution is 5.53. The van der Waals surface area contributed by atoms with Crippen molar-refractivity contribution in [2.24, 2.45) is 5.41 Å². The lowest BCUT2D eigenvalue weighted by Crippen LogP contribution is -2.37. The zero-order valence-electron chi connectivity index (χ0n) is 22.1. The van der Waals surface area contributed by atoms with Crippen molar-refractivity contribution in [3.8, 4) is 5.75 Å². The van der Waals surface area contributed by atoms with Crippen LogP contribution >= 0.6 is 0 Å². The van der Waals surface area contributed by atoms with Crippen molar-refractivity contribution in [3.63, 3.8) is 0 Å². The topological polar surface area (TPSA) is 82.2 Å². The number of ether oxygens (including phenoxy) is 1. The molecule has 3 aromatic rings. The first kappa shape index (κ1) is 27.1. The zero-order valence-corrected chi connectivity index (χ0v) is 22.1.